The number of hydrogen-bond donors (Lipinski definition) is 3. The number of hydrogen-bond acceptors (Lipinski definition) is 7. The minimum Gasteiger partial charge on any atom is -0.349 e. The number of aromatic amines is 1. The molecule has 11 nitrogen and oxygen atoms in total. The van der Waals surface area contributed by atoms with Gasteiger partial charge in [0.05, 0.1) is 12.7 Å². The molecule has 1 aromatic rings. The summed E-state index contributed by atoms with van der Waals surface area (Å²) in [6, 6.07) is 1.12. The molecular formula is C11H18N2O9P2. The van der Waals surface area contributed by atoms with Gasteiger partial charge in [0.1, 0.15) is 12.3 Å². The van der Waals surface area contributed by atoms with Crippen LogP contribution < -0.4 is 11.2 Å². The fraction of sp³-hybridized carbons (Fsp3) is 0.636. The second-order valence-electron chi connectivity index (χ2n) is 5.43. The van der Waals surface area contributed by atoms with Gasteiger partial charge in [-0.2, -0.15) is 0 Å². The molecule has 13 heteroatoms. The van der Waals surface area contributed by atoms with E-state index in [4.69, 9.17) is 13.8 Å². The van der Waals surface area contributed by atoms with Gasteiger partial charge in [0, 0.05) is 32.0 Å². The van der Waals surface area contributed by atoms with E-state index in [1.807, 2.05) is 0 Å². The fourth-order valence-corrected chi connectivity index (χ4v) is 3.40. The molecule has 2 heterocycles. The van der Waals surface area contributed by atoms with Crippen LogP contribution in [0.1, 0.15) is 12.6 Å². The van der Waals surface area contributed by atoms with Crippen LogP contribution >= 0.6 is 15.2 Å². The summed E-state index contributed by atoms with van der Waals surface area (Å²) in [6.45, 7) is 1.60. The van der Waals surface area contributed by atoms with E-state index in [-0.39, 0.29) is 13.0 Å². The van der Waals surface area contributed by atoms with E-state index in [0.717, 1.165) is 24.0 Å². The quantitative estimate of drug-likeness (QED) is 0.568. The Balaban J connectivity index is 2.21. The standard InChI is InChI=1S/C11H18N2O9P2/c1-23(16,17)20-6-8-7(22-24(2,18)19)5-10(21-8)13-4-3-9(14)12-11(13)15/h3-4,7-8,10H,5-6H2,1-2H3,(H,16,17)(H,18,19)(H,12,14,15). The van der Waals surface area contributed by atoms with Crippen LogP contribution in [0.25, 0.3) is 0 Å². The normalized spacial score (nSPS) is 29.1. The molecule has 0 radical (unpaired) electrons. The van der Waals surface area contributed by atoms with E-state index in [9.17, 15) is 28.5 Å². The van der Waals surface area contributed by atoms with Crippen molar-refractivity contribution < 1.29 is 32.7 Å². The zero-order valence-electron chi connectivity index (χ0n) is 12.9. The number of nitrogens with zero attached hydrogens (tertiary/aromatic N) is 1. The molecule has 2 rings (SSSR count). The molecule has 0 aliphatic carbocycles. The maximum atomic E-state index is 11.8. The molecule has 1 aliphatic rings. The number of nitrogens with one attached hydrogen (secondary N) is 1. The lowest BCUT2D eigenvalue weighted by atomic mass is 10.2. The van der Waals surface area contributed by atoms with Crippen molar-refractivity contribution in [2.75, 3.05) is 19.9 Å². The molecule has 136 valence electrons. The van der Waals surface area contributed by atoms with E-state index in [1.54, 1.807) is 0 Å². The van der Waals surface area contributed by atoms with Gasteiger partial charge in [0.15, 0.2) is 0 Å². The first-order chi connectivity index (χ1) is 10.9. The van der Waals surface area contributed by atoms with Crippen molar-refractivity contribution in [3.63, 3.8) is 0 Å². The lowest BCUT2D eigenvalue weighted by Gasteiger charge is -2.20. The second kappa shape index (κ2) is 7.05. The van der Waals surface area contributed by atoms with Crippen LogP contribution in [0.5, 0.6) is 0 Å². The average molecular weight is 384 g/mol. The average Bonchev–Trinajstić information content (AvgIpc) is 2.76. The van der Waals surface area contributed by atoms with Gasteiger partial charge in [0.2, 0.25) is 0 Å². The van der Waals surface area contributed by atoms with Crippen molar-refractivity contribution in [1.82, 2.24) is 9.55 Å². The molecule has 5 unspecified atom stereocenters. The van der Waals surface area contributed by atoms with Crippen molar-refractivity contribution >= 4 is 15.2 Å². The molecule has 0 aromatic carbocycles. The van der Waals surface area contributed by atoms with Crippen LogP contribution in [0.2, 0.25) is 0 Å². The van der Waals surface area contributed by atoms with Crippen LogP contribution in [0.4, 0.5) is 0 Å². The Morgan fingerprint density at radius 3 is 2.54 bits per heavy atom. The molecule has 1 saturated heterocycles. The molecule has 1 aromatic heterocycles. The Morgan fingerprint density at radius 1 is 1.33 bits per heavy atom. The lowest BCUT2D eigenvalue weighted by Crippen LogP contribution is -2.31. The Labute approximate surface area is 136 Å². The third-order valence-corrected chi connectivity index (χ3v) is 4.44. The maximum absolute atomic E-state index is 11.8. The Morgan fingerprint density at radius 2 is 2.00 bits per heavy atom. The molecule has 1 fully saturated rings. The van der Waals surface area contributed by atoms with Gasteiger partial charge in [0.25, 0.3) is 5.56 Å². The Bertz CT molecular complexity index is 791. The molecule has 0 amide bonds. The van der Waals surface area contributed by atoms with Crippen LogP contribution in [-0.4, -0.2) is 51.5 Å². The molecular weight excluding hydrogens is 366 g/mol. The summed E-state index contributed by atoms with van der Waals surface area (Å²) in [6.07, 6.45) is -1.56. The summed E-state index contributed by atoms with van der Waals surface area (Å²) in [4.78, 5) is 43.6. The summed E-state index contributed by atoms with van der Waals surface area (Å²) in [5.41, 5.74) is -1.30. The fourth-order valence-electron chi connectivity index (χ4n) is 2.25. The summed E-state index contributed by atoms with van der Waals surface area (Å²) < 4.78 is 39.2. The highest BCUT2D eigenvalue weighted by Gasteiger charge is 2.41. The summed E-state index contributed by atoms with van der Waals surface area (Å²) in [7, 11) is -7.65. The van der Waals surface area contributed by atoms with E-state index in [0.29, 0.717) is 0 Å². The highest BCUT2D eigenvalue weighted by molar-refractivity contribution is 7.52. The van der Waals surface area contributed by atoms with Crippen LogP contribution in [-0.2, 0) is 22.9 Å². The largest absolute Gasteiger partial charge is 0.349 e. The Kier molecular flexibility index (Phi) is 5.66. The van der Waals surface area contributed by atoms with E-state index >= 15 is 0 Å². The highest BCUT2D eigenvalue weighted by atomic mass is 31.2. The zero-order valence-corrected chi connectivity index (χ0v) is 14.7. The van der Waals surface area contributed by atoms with Gasteiger partial charge < -0.3 is 23.6 Å². The molecule has 24 heavy (non-hydrogen) atoms. The molecule has 0 spiro atoms. The maximum Gasteiger partial charge on any atom is 0.330 e. The molecule has 1 aliphatic heterocycles. The lowest BCUT2D eigenvalue weighted by molar-refractivity contribution is -0.0393. The van der Waals surface area contributed by atoms with Gasteiger partial charge in [-0.25, -0.2) is 4.79 Å². The predicted octanol–water partition coefficient (Wildman–Crippen LogP) is -0.144. The van der Waals surface area contributed by atoms with Crippen molar-refractivity contribution in [1.29, 1.82) is 0 Å². The third kappa shape index (κ3) is 5.49. The second-order valence-corrected chi connectivity index (χ2v) is 9.11. The van der Waals surface area contributed by atoms with E-state index in [2.05, 4.69) is 4.98 Å². The highest BCUT2D eigenvalue weighted by Crippen LogP contribution is 2.45. The van der Waals surface area contributed by atoms with Crippen molar-refractivity contribution in [2.45, 2.75) is 24.9 Å². The van der Waals surface area contributed by atoms with Crippen molar-refractivity contribution in [2.24, 2.45) is 0 Å². The van der Waals surface area contributed by atoms with Gasteiger partial charge in [-0.3, -0.25) is 23.5 Å². The van der Waals surface area contributed by atoms with Crippen LogP contribution in [0.15, 0.2) is 21.9 Å². The molecule has 0 bridgehead atoms. The summed E-state index contributed by atoms with van der Waals surface area (Å²) >= 11 is 0. The number of rotatable bonds is 6. The third-order valence-electron chi connectivity index (χ3n) is 3.15. The van der Waals surface area contributed by atoms with Crippen LogP contribution in [0, 0.1) is 0 Å². The smallest absolute Gasteiger partial charge is 0.330 e. The molecule has 5 atom stereocenters. The van der Waals surface area contributed by atoms with Crippen LogP contribution in [0.3, 0.4) is 0 Å². The number of aromatic nitrogens is 2. The first-order valence-corrected chi connectivity index (χ1v) is 10.9. The van der Waals surface area contributed by atoms with E-state index < -0.39 is 44.9 Å². The number of H-pyrrole nitrogens is 1. The van der Waals surface area contributed by atoms with Gasteiger partial charge in [-0.1, -0.05) is 0 Å². The summed E-state index contributed by atoms with van der Waals surface area (Å²) in [5, 5.41) is 0. The number of ether oxygens (including phenoxy) is 1. The van der Waals surface area contributed by atoms with Gasteiger partial charge in [-0.15, -0.1) is 0 Å². The van der Waals surface area contributed by atoms with Gasteiger partial charge in [-0.05, 0) is 0 Å². The van der Waals surface area contributed by atoms with E-state index in [1.165, 1.54) is 6.20 Å². The Hall–Kier alpha value is -1.06. The zero-order chi connectivity index (χ0) is 18.1. The first kappa shape index (κ1) is 19.3. The minimum absolute atomic E-state index is 0.0117. The van der Waals surface area contributed by atoms with Crippen molar-refractivity contribution in [3.05, 3.63) is 33.1 Å². The van der Waals surface area contributed by atoms with Crippen molar-refractivity contribution in [3.8, 4) is 0 Å². The SMILES string of the molecule is CP(=O)(O)OCC1OC(n2ccc(=O)[nH]c2=O)CC1OP(C)(=O)O. The first-order valence-electron chi connectivity index (χ1n) is 6.85. The minimum atomic E-state index is -3.87. The monoisotopic (exact) mass is 384 g/mol. The summed E-state index contributed by atoms with van der Waals surface area (Å²) in [5.74, 6) is 0. The molecule has 0 saturated carbocycles. The predicted molar refractivity (Wildman–Crippen MR) is 82.2 cm³/mol. The topological polar surface area (TPSA) is 157 Å². The van der Waals surface area contributed by atoms with Gasteiger partial charge >= 0.3 is 20.9 Å². The molecule has 3 N–H and O–H groups in total.